The van der Waals surface area contributed by atoms with E-state index in [1.165, 1.54) is 0 Å². The second-order valence-corrected chi connectivity index (χ2v) is 3.57. The molecule has 0 aromatic heterocycles. The zero-order valence-electron chi connectivity index (χ0n) is 9.44. The van der Waals surface area contributed by atoms with Gasteiger partial charge in [-0.25, -0.2) is 0 Å². The molecular formula is C13H16N2O. The van der Waals surface area contributed by atoms with Gasteiger partial charge in [-0.05, 0) is 12.0 Å². The molecule has 0 saturated carbocycles. The number of hydrogen-bond acceptors (Lipinski definition) is 2. The number of amides is 1. The molecular weight excluding hydrogens is 200 g/mol. The Morgan fingerprint density at radius 1 is 1.44 bits per heavy atom. The maximum absolute atomic E-state index is 11.8. The molecule has 16 heavy (non-hydrogen) atoms. The number of hydrogen-bond donors (Lipinski definition) is 1. The van der Waals surface area contributed by atoms with Crippen molar-refractivity contribution in [3.8, 4) is 6.07 Å². The molecule has 1 atom stereocenters. The molecule has 0 radical (unpaired) electrons. The van der Waals surface area contributed by atoms with Gasteiger partial charge in [0.25, 0.3) is 0 Å². The summed E-state index contributed by atoms with van der Waals surface area (Å²) < 4.78 is 0. The van der Waals surface area contributed by atoms with Crippen molar-refractivity contribution in [1.82, 2.24) is 5.32 Å². The van der Waals surface area contributed by atoms with E-state index in [-0.39, 0.29) is 11.8 Å². The van der Waals surface area contributed by atoms with Crippen LogP contribution in [0.25, 0.3) is 0 Å². The summed E-state index contributed by atoms with van der Waals surface area (Å²) in [5.41, 5.74) is 1.03. The first-order valence-corrected chi connectivity index (χ1v) is 5.49. The molecule has 3 nitrogen and oxygen atoms in total. The minimum atomic E-state index is -0.111. The zero-order valence-corrected chi connectivity index (χ0v) is 9.44. The number of carbonyl (C=O) groups is 1. The van der Waals surface area contributed by atoms with E-state index < -0.39 is 0 Å². The molecule has 0 fully saturated rings. The Kier molecular flexibility index (Phi) is 5.07. The predicted octanol–water partition coefficient (Wildman–Crippen LogP) is 2.21. The van der Waals surface area contributed by atoms with Crippen LogP contribution in [-0.2, 0) is 4.79 Å². The largest absolute Gasteiger partial charge is 0.355 e. The minimum Gasteiger partial charge on any atom is -0.355 e. The van der Waals surface area contributed by atoms with Crippen LogP contribution >= 0.6 is 0 Å². The molecule has 1 unspecified atom stereocenters. The summed E-state index contributed by atoms with van der Waals surface area (Å²) in [6, 6.07) is 11.7. The maximum atomic E-state index is 11.8. The van der Waals surface area contributed by atoms with Crippen LogP contribution in [0.15, 0.2) is 30.3 Å². The molecule has 1 rings (SSSR count). The van der Waals surface area contributed by atoms with E-state index in [9.17, 15) is 4.79 Å². The lowest BCUT2D eigenvalue weighted by molar-refractivity contribution is -0.122. The van der Waals surface area contributed by atoms with Crippen molar-refractivity contribution in [3.63, 3.8) is 0 Å². The predicted molar refractivity (Wildman–Crippen MR) is 62.7 cm³/mol. The van der Waals surface area contributed by atoms with Gasteiger partial charge in [-0.15, -0.1) is 0 Å². The van der Waals surface area contributed by atoms with Crippen LogP contribution in [0.3, 0.4) is 0 Å². The van der Waals surface area contributed by atoms with Crippen molar-refractivity contribution < 1.29 is 4.79 Å². The summed E-state index contributed by atoms with van der Waals surface area (Å²) in [7, 11) is 0. The average molecular weight is 216 g/mol. The number of carbonyl (C=O) groups excluding carboxylic acids is 1. The lowest BCUT2D eigenvalue weighted by Crippen LogP contribution is -2.29. The molecule has 0 aliphatic carbocycles. The third-order valence-electron chi connectivity index (χ3n) is 2.46. The minimum absolute atomic E-state index is 0.00366. The van der Waals surface area contributed by atoms with Crippen molar-refractivity contribution in [3.05, 3.63) is 35.9 Å². The van der Waals surface area contributed by atoms with Crippen molar-refractivity contribution in [2.24, 2.45) is 0 Å². The highest BCUT2D eigenvalue weighted by molar-refractivity contribution is 5.83. The van der Waals surface area contributed by atoms with E-state index >= 15 is 0 Å². The fourth-order valence-electron chi connectivity index (χ4n) is 1.62. The Balaban J connectivity index is 2.61. The third-order valence-corrected chi connectivity index (χ3v) is 2.46. The summed E-state index contributed by atoms with van der Waals surface area (Å²) in [6.45, 7) is 2.42. The molecule has 0 saturated heterocycles. The Bertz CT molecular complexity index is 367. The van der Waals surface area contributed by atoms with Gasteiger partial charge in [0, 0.05) is 6.54 Å². The second kappa shape index (κ2) is 6.62. The maximum Gasteiger partial charge on any atom is 0.227 e. The Morgan fingerprint density at radius 2 is 2.12 bits per heavy atom. The van der Waals surface area contributed by atoms with E-state index in [0.717, 1.165) is 12.0 Å². The van der Waals surface area contributed by atoms with Gasteiger partial charge in [-0.2, -0.15) is 5.26 Å². The first kappa shape index (κ1) is 12.3. The van der Waals surface area contributed by atoms with Crippen LogP contribution in [0, 0.1) is 11.3 Å². The van der Waals surface area contributed by atoms with Gasteiger partial charge in [-0.1, -0.05) is 37.3 Å². The first-order valence-electron chi connectivity index (χ1n) is 5.49. The highest BCUT2D eigenvalue weighted by Gasteiger charge is 2.17. The van der Waals surface area contributed by atoms with E-state index in [2.05, 4.69) is 5.32 Å². The molecule has 84 valence electrons. The van der Waals surface area contributed by atoms with Gasteiger partial charge in [0.05, 0.1) is 18.4 Å². The van der Waals surface area contributed by atoms with Crippen LogP contribution in [0.2, 0.25) is 0 Å². The average Bonchev–Trinajstić information content (AvgIpc) is 2.32. The van der Waals surface area contributed by atoms with Crippen LogP contribution in [0.5, 0.6) is 0 Å². The Hall–Kier alpha value is -1.82. The van der Waals surface area contributed by atoms with E-state index in [0.29, 0.717) is 13.0 Å². The fraction of sp³-hybridized carbons (Fsp3) is 0.385. The lowest BCUT2D eigenvalue weighted by Gasteiger charge is -2.14. The Morgan fingerprint density at radius 3 is 2.69 bits per heavy atom. The molecule has 1 amide bonds. The van der Waals surface area contributed by atoms with Gasteiger partial charge < -0.3 is 5.32 Å². The van der Waals surface area contributed by atoms with Crippen LogP contribution < -0.4 is 5.32 Å². The number of benzene rings is 1. The Labute approximate surface area is 96.1 Å². The summed E-state index contributed by atoms with van der Waals surface area (Å²) in [6.07, 6.45) is 1.12. The highest BCUT2D eigenvalue weighted by Crippen LogP contribution is 2.18. The summed E-state index contributed by atoms with van der Waals surface area (Å²) in [4.78, 5) is 11.8. The second-order valence-electron chi connectivity index (χ2n) is 3.57. The van der Waals surface area contributed by atoms with E-state index in [1.807, 2.05) is 43.3 Å². The molecule has 1 aromatic rings. The van der Waals surface area contributed by atoms with Gasteiger partial charge in [0.2, 0.25) is 5.91 Å². The smallest absolute Gasteiger partial charge is 0.227 e. The molecule has 3 heteroatoms. The zero-order chi connectivity index (χ0) is 11.8. The topological polar surface area (TPSA) is 52.9 Å². The fourth-order valence-corrected chi connectivity index (χ4v) is 1.62. The van der Waals surface area contributed by atoms with Gasteiger partial charge in [-0.3, -0.25) is 4.79 Å². The highest BCUT2D eigenvalue weighted by atomic mass is 16.1. The molecule has 0 aliphatic heterocycles. The molecule has 0 aliphatic rings. The van der Waals surface area contributed by atoms with E-state index in [4.69, 9.17) is 5.26 Å². The van der Waals surface area contributed by atoms with E-state index in [1.54, 1.807) is 0 Å². The SMILES string of the molecule is CCC(C(=O)NCCC#N)c1ccccc1. The monoisotopic (exact) mass is 216 g/mol. The van der Waals surface area contributed by atoms with Crippen molar-refractivity contribution in [2.75, 3.05) is 6.54 Å². The standard InChI is InChI=1S/C13H16N2O/c1-2-12(11-7-4-3-5-8-11)13(16)15-10-6-9-14/h3-5,7-8,12H,2,6,10H2,1H3,(H,15,16). The number of nitrogens with one attached hydrogen (secondary N) is 1. The molecule has 0 heterocycles. The molecule has 1 aromatic carbocycles. The first-order chi connectivity index (χ1) is 7.79. The molecule has 0 spiro atoms. The van der Waals surface area contributed by atoms with Gasteiger partial charge in [0.15, 0.2) is 0 Å². The number of nitriles is 1. The number of rotatable bonds is 5. The van der Waals surface area contributed by atoms with Crippen molar-refractivity contribution >= 4 is 5.91 Å². The van der Waals surface area contributed by atoms with Crippen LogP contribution in [0.1, 0.15) is 31.2 Å². The summed E-state index contributed by atoms with van der Waals surface area (Å²) in [5, 5.41) is 11.2. The normalized spacial score (nSPS) is 11.5. The van der Waals surface area contributed by atoms with Crippen LogP contribution in [-0.4, -0.2) is 12.5 Å². The van der Waals surface area contributed by atoms with Crippen LogP contribution in [0.4, 0.5) is 0 Å². The summed E-state index contributed by atoms with van der Waals surface area (Å²) >= 11 is 0. The van der Waals surface area contributed by atoms with Crippen molar-refractivity contribution in [1.29, 1.82) is 5.26 Å². The van der Waals surface area contributed by atoms with Crippen molar-refractivity contribution in [2.45, 2.75) is 25.7 Å². The summed E-state index contributed by atoms with van der Waals surface area (Å²) in [5.74, 6) is -0.108. The quantitative estimate of drug-likeness (QED) is 0.767. The number of nitrogens with zero attached hydrogens (tertiary/aromatic N) is 1. The molecule has 0 bridgehead atoms. The van der Waals surface area contributed by atoms with Gasteiger partial charge >= 0.3 is 0 Å². The lowest BCUT2D eigenvalue weighted by atomic mass is 9.96. The van der Waals surface area contributed by atoms with Gasteiger partial charge in [0.1, 0.15) is 0 Å². The third kappa shape index (κ3) is 3.39. The molecule has 1 N–H and O–H groups in total.